The largest absolute Gasteiger partial charge is 0.462 e. The van der Waals surface area contributed by atoms with Gasteiger partial charge >= 0.3 is 17.9 Å². The molecule has 36 heavy (non-hydrogen) atoms. The van der Waals surface area contributed by atoms with E-state index in [1.54, 1.807) is 28.8 Å². The molecule has 5 atom stereocenters. The smallest absolute Gasteiger partial charge is 0.338 e. The summed E-state index contributed by atoms with van der Waals surface area (Å²) < 4.78 is 25.0. The van der Waals surface area contributed by atoms with Crippen LogP contribution in [0.25, 0.3) is 11.2 Å². The highest BCUT2D eigenvalue weighted by molar-refractivity contribution is 6.33. The minimum atomic E-state index is -1.29. The van der Waals surface area contributed by atoms with Gasteiger partial charge in [0.25, 0.3) is 0 Å². The van der Waals surface area contributed by atoms with E-state index in [1.807, 2.05) is 6.07 Å². The van der Waals surface area contributed by atoms with Crippen LogP contribution < -0.4 is 0 Å². The molecule has 1 aromatic carbocycles. The highest BCUT2D eigenvalue weighted by atomic mass is 35.5. The minimum Gasteiger partial charge on any atom is -0.462 e. The van der Waals surface area contributed by atoms with E-state index in [1.165, 1.54) is 26.5 Å². The molecule has 0 N–H and O–H groups in total. The molecule has 1 saturated heterocycles. The van der Waals surface area contributed by atoms with Crippen molar-refractivity contribution in [3.8, 4) is 0 Å². The van der Waals surface area contributed by atoms with E-state index in [2.05, 4.69) is 15.0 Å². The van der Waals surface area contributed by atoms with Gasteiger partial charge < -0.3 is 18.9 Å². The van der Waals surface area contributed by atoms with Crippen LogP contribution in [0.2, 0.25) is 5.15 Å². The number of benzene rings is 1. The maximum Gasteiger partial charge on any atom is 0.338 e. The number of halogens is 1. The van der Waals surface area contributed by atoms with Gasteiger partial charge in [-0.05, 0) is 30.9 Å². The van der Waals surface area contributed by atoms with Gasteiger partial charge in [0.1, 0.15) is 17.9 Å². The molecule has 5 rings (SSSR count). The average Bonchev–Trinajstić information content (AvgIpc) is 3.49. The lowest BCUT2D eigenvalue weighted by atomic mass is 9.92. The van der Waals surface area contributed by atoms with Crippen molar-refractivity contribution in [2.75, 3.05) is 6.61 Å². The molecule has 4 unspecified atom stereocenters. The summed E-state index contributed by atoms with van der Waals surface area (Å²) in [4.78, 5) is 49.2. The molecule has 1 saturated carbocycles. The van der Waals surface area contributed by atoms with Gasteiger partial charge in [-0.1, -0.05) is 29.8 Å². The van der Waals surface area contributed by atoms with Crippen LogP contribution >= 0.6 is 11.6 Å². The summed E-state index contributed by atoms with van der Waals surface area (Å²) in [7, 11) is 0. The van der Waals surface area contributed by atoms with E-state index < -0.39 is 41.9 Å². The lowest BCUT2D eigenvalue weighted by molar-refractivity contribution is -0.182. The zero-order valence-corrected chi connectivity index (χ0v) is 20.3. The lowest BCUT2D eigenvalue weighted by Crippen LogP contribution is -2.50. The molecule has 12 heteroatoms. The normalized spacial score (nSPS) is 27.0. The number of esters is 3. The van der Waals surface area contributed by atoms with E-state index in [-0.39, 0.29) is 24.1 Å². The molecule has 3 heterocycles. The minimum absolute atomic E-state index is 0.0882. The third kappa shape index (κ3) is 4.28. The van der Waals surface area contributed by atoms with E-state index >= 15 is 0 Å². The standard InChI is InChI=1S/C24H23ClN4O7/c1-13(30)34-19-22(29-12-28-18-20(25)26-11-27-21(18)29)35-17-8-15(9-24(17,19)36-14(2)31)10-33-23(32)16-6-4-3-5-7-16/h3-7,11-12,15,17,19,22H,8-10H2,1-2H3/t15-,17?,19?,22?,24?/m1/s1. The van der Waals surface area contributed by atoms with Crippen LogP contribution in [-0.4, -0.2) is 61.8 Å². The molecule has 11 nitrogen and oxygen atoms in total. The molecule has 0 bridgehead atoms. The van der Waals surface area contributed by atoms with Crippen LogP contribution in [0.3, 0.4) is 0 Å². The Morgan fingerprint density at radius 3 is 2.64 bits per heavy atom. The highest BCUT2D eigenvalue weighted by Crippen LogP contribution is 2.53. The average molecular weight is 515 g/mol. The first kappa shape index (κ1) is 24.1. The zero-order valence-electron chi connectivity index (χ0n) is 19.5. The first-order valence-corrected chi connectivity index (χ1v) is 11.7. The number of rotatable bonds is 6. The predicted octanol–water partition coefficient (Wildman–Crippen LogP) is 2.88. The van der Waals surface area contributed by atoms with Crippen LogP contribution in [0.5, 0.6) is 0 Å². The molecule has 0 spiro atoms. The number of carbonyl (C=O) groups is 3. The van der Waals surface area contributed by atoms with Crippen LogP contribution in [0.15, 0.2) is 43.0 Å². The van der Waals surface area contributed by atoms with Crippen molar-refractivity contribution in [1.82, 2.24) is 19.5 Å². The number of nitrogens with zero attached hydrogens (tertiary/aromatic N) is 4. The highest BCUT2D eigenvalue weighted by Gasteiger charge is 2.66. The first-order valence-electron chi connectivity index (χ1n) is 11.4. The third-order valence-corrected chi connectivity index (χ3v) is 6.70. The van der Waals surface area contributed by atoms with E-state index in [9.17, 15) is 14.4 Å². The molecule has 0 radical (unpaired) electrons. The Morgan fingerprint density at radius 2 is 1.92 bits per heavy atom. The van der Waals surface area contributed by atoms with Gasteiger partial charge in [0.05, 0.1) is 18.5 Å². The molecular weight excluding hydrogens is 492 g/mol. The number of imidazole rings is 1. The van der Waals surface area contributed by atoms with Crippen LogP contribution in [-0.2, 0) is 28.5 Å². The van der Waals surface area contributed by atoms with Gasteiger partial charge in [0.15, 0.2) is 28.7 Å². The molecule has 2 fully saturated rings. The van der Waals surface area contributed by atoms with Crippen molar-refractivity contribution >= 4 is 40.7 Å². The van der Waals surface area contributed by atoms with Crippen molar-refractivity contribution in [2.45, 2.75) is 50.7 Å². The topological polar surface area (TPSA) is 132 Å². The van der Waals surface area contributed by atoms with E-state index in [0.29, 0.717) is 23.1 Å². The summed E-state index contributed by atoms with van der Waals surface area (Å²) in [6.07, 6.45) is 0.895. The van der Waals surface area contributed by atoms with Gasteiger partial charge in [-0.25, -0.2) is 19.7 Å². The fourth-order valence-corrected chi connectivity index (χ4v) is 5.27. The maximum atomic E-state index is 12.4. The van der Waals surface area contributed by atoms with Gasteiger partial charge in [-0.3, -0.25) is 14.2 Å². The molecule has 1 aliphatic heterocycles. The van der Waals surface area contributed by atoms with Crippen LogP contribution in [0.4, 0.5) is 0 Å². The molecule has 1 aliphatic carbocycles. The number of hydrogen-bond acceptors (Lipinski definition) is 10. The van der Waals surface area contributed by atoms with E-state index in [4.69, 9.17) is 30.5 Å². The van der Waals surface area contributed by atoms with Crippen LogP contribution in [0, 0.1) is 5.92 Å². The number of carbonyl (C=O) groups excluding carboxylic acids is 3. The Balaban J connectivity index is 1.43. The van der Waals surface area contributed by atoms with E-state index in [0.717, 1.165) is 0 Å². The van der Waals surface area contributed by atoms with Crippen molar-refractivity contribution < 1.29 is 33.3 Å². The second-order valence-electron chi connectivity index (χ2n) is 8.85. The molecule has 2 aromatic heterocycles. The summed E-state index contributed by atoms with van der Waals surface area (Å²) in [6.45, 7) is 2.64. The number of aromatic nitrogens is 4. The van der Waals surface area contributed by atoms with Gasteiger partial charge in [-0.15, -0.1) is 0 Å². The van der Waals surface area contributed by atoms with Crippen molar-refractivity contribution in [3.05, 3.63) is 53.7 Å². The zero-order chi connectivity index (χ0) is 25.4. The SMILES string of the molecule is CC(=O)OC1C(n2cnc3c(Cl)ncnc32)OC2C[C@@H](COC(=O)c3ccccc3)CC21OC(C)=O. The maximum absolute atomic E-state index is 12.4. The summed E-state index contributed by atoms with van der Waals surface area (Å²) in [5.41, 5.74) is -0.122. The van der Waals surface area contributed by atoms with Crippen molar-refractivity contribution in [3.63, 3.8) is 0 Å². The third-order valence-electron chi connectivity index (χ3n) is 6.42. The Bertz CT molecular complexity index is 1320. The monoisotopic (exact) mass is 514 g/mol. The first-order chi connectivity index (χ1) is 17.3. The quantitative estimate of drug-likeness (QED) is 0.275. The Kier molecular flexibility index (Phi) is 6.35. The Hall–Kier alpha value is -3.57. The lowest BCUT2D eigenvalue weighted by Gasteiger charge is -2.33. The fourth-order valence-electron chi connectivity index (χ4n) is 5.09. The predicted molar refractivity (Wildman–Crippen MR) is 124 cm³/mol. The van der Waals surface area contributed by atoms with Crippen LogP contribution in [0.1, 0.15) is 43.3 Å². The molecular formula is C24H23ClN4O7. The van der Waals surface area contributed by atoms with Crippen molar-refractivity contribution in [1.29, 1.82) is 0 Å². The summed E-state index contributed by atoms with van der Waals surface area (Å²) >= 11 is 6.15. The summed E-state index contributed by atoms with van der Waals surface area (Å²) in [5.74, 6) is -1.77. The Morgan fingerprint density at radius 1 is 1.14 bits per heavy atom. The molecule has 188 valence electrons. The Labute approximate surface area is 210 Å². The second kappa shape index (κ2) is 9.47. The summed E-state index contributed by atoms with van der Waals surface area (Å²) in [5, 5.41) is 0.163. The summed E-state index contributed by atoms with van der Waals surface area (Å²) in [6, 6.07) is 8.65. The van der Waals surface area contributed by atoms with Crippen molar-refractivity contribution in [2.24, 2.45) is 5.92 Å². The molecule has 3 aromatic rings. The number of ether oxygens (including phenoxy) is 4. The molecule has 2 aliphatic rings. The number of hydrogen-bond donors (Lipinski definition) is 0. The fraction of sp³-hybridized carbons (Fsp3) is 0.417. The second-order valence-corrected chi connectivity index (χ2v) is 9.21. The van der Waals surface area contributed by atoms with Gasteiger partial charge in [0, 0.05) is 13.8 Å². The molecule has 0 amide bonds. The number of fused-ring (bicyclic) bond motifs is 2. The van der Waals surface area contributed by atoms with Gasteiger partial charge in [-0.2, -0.15) is 0 Å². The van der Waals surface area contributed by atoms with Gasteiger partial charge in [0.2, 0.25) is 0 Å².